The number of carbonyl (C=O) groups excluding carboxylic acids is 1. The van der Waals surface area contributed by atoms with Crippen molar-refractivity contribution >= 4 is 11.7 Å². The third-order valence-electron chi connectivity index (χ3n) is 2.30. The summed E-state index contributed by atoms with van der Waals surface area (Å²) in [5.74, 6) is -1.36. The average molecular weight is 280 g/mol. The van der Waals surface area contributed by atoms with Crippen LogP contribution >= 0.6 is 0 Å². The van der Waals surface area contributed by atoms with Gasteiger partial charge in [-0.15, -0.1) is 0 Å². The zero-order valence-electron chi connectivity index (χ0n) is 10.1. The summed E-state index contributed by atoms with van der Waals surface area (Å²) >= 11 is 0. The quantitative estimate of drug-likeness (QED) is 0.665. The molecule has 1 aromatic rings. The predicted molar refractivity (Wildman–Crippen MR) is 57.4 cm³/mol. The Morgan fingerprint density at radius 3 is 2.63 bits per heavy atom. The van der Waals surface area contributed by atoms with Gasteiger partial charge in [-0.3, -0.25) is 4.79 Å². The maximum absolute atomic E-state index is 11.9. The largest absolute Gasteiger partial charge is 0.405 e. The molecule has 1 aromatic heterocycles. The smallest absolute Gasteiger partial charge is 0.358 e. The van der Waals surface area contributed by atoms with Crippen LogP contribution < -0.4 is 5.32 Å². The zero-order valence-corrected chi connectivity index (χ0v) is 10.1. The number of nitro groups is 1. The third kappa shape index (κ3) is 3.93. The molecule has 0 aromatic carbocycles. The molecule has 0 bridgehead atoms. The highest BCUT2D eigenvalue weighted by Crippen LogP contribution is 2.18. The normalized spacial score (nSPS) is 13.1. The fourth-order valence-corrected chi connectivity index (χ4v) is 1.31. The highest BCUT2D eigenvalue weighted by atomic mass is 19.4. The van der Waals surface area contributed by atoms with Gasteiger partial charge < -0.3 is 15.4 Å². The Morgan fingerprint density at radius 2 is 2.21 bits per heavy atom. The molecule has 0 aliphatic rings. The summed E-state index contributed by atoms with van der Waals surface area (Å²) in [4.78, 5) is 21.3. The molecule has 0 spiro atoms. The van der Waals surface area contributed by atoms with Crippen LogP contribution in [0.1, 0.15) is 18.5 Å². The standard InChI is InChI=1S/C9H11F3N4O3/c1-5-3-15(14-7(5)16(18)19)6(2)8(17)13-4-9(10,11)12/h3,6H,4H2,1-2H3,(H,13,17)/t6-/m1/s1. The van der Waals surface area contributed by atoms with Gasteiger partial charge in [0, 0.05) is 0 Å². The summed E-state index contributed by atoms with van der Waals surface area (Å²) in [5, 5.41) is 15.8. The summed E-state index contributed by atoms with van der Waals surface area (Å²) in [5.41, 5.74) is 0.223. The van der Waals surface area contributed by atoms with Crippen LogP contribution in [0.15, 0.2) is 6.20 Å². The minimum atomic E-state index is -4.51. The van der Waals surface area contributed by atoms with Crippen molar-refractivity contribution in [1.82, 2.24) is 15.1 Å². The minimum absolute atomic E-state index is 0.223. The Hall–Kier alpha value is -2.13. The SMILES string of the molecule is Cc1cn([C@H](C)C(=O)NCC(F)(F)F)nc1[N+](=O)[O-]. The molecule has 7 nitrogen and oxygen atoms in total. The highest BCUT2D eigenvalue weighted by molar-refractivity contribution is 5.79. The van der Waals surface area contributed by atoms with E-state index in [1.54, 1.807) is 5.32 Å². The number of nitrogens with zero attached hydrogens (tertiary/aromatic N) is 3. The summed E-state index contributed by atoms with van der Waals surface area (Å²) in [6, 6.07) is -1.07. The van der Waals surface area contributed by atoms with Crippen LogP contribution in [-0.2, 0) is 4.79 Å². The number of hydrogen-bond donors (Lipinski definition) is 1. The van der Waals surface area contributed by atoms with Crippen LogP contribution in [0.4, 0.5) is 19.0 Å². The van der Waals surface area contributed by atoms with Crippen molar-refractivity contribution in [3.05, 3.63) is 21.9 Å². The molecule has 1 rings (SSSR count). The van der Waals surface area contributed by atoms with Gasteiger partial charge in [0.15, 0.2) is 0 Å². The number of nitrogens with one attached hydrogen (secondary N) is 1. The lowest BCUT2D eigenvalue weighted by molar-refractivity contribution is -0.390. The van der Waals surface area contributed by atoms with Gasteiger partial charge in [-0.2, -0.15) is 17.9 Å². The van der Waals surface area contributed by atoms with E-state index in [9.17, 15) is 28.1 Å². The summed E-state index contributed by atoms with van der Waals surface area (Å²) in [6.45, 7) is 1.25. The second kappa shape index (κ2) is 5.24. The van der Waals surface area contributed by atoms with Gasteiger partial charge >= 0.3 is 12.0 Å². The molecule has 0 saturated carbocycles. The number of amides is 1. The summed E-state index contributed by atoms with van der Waals surface area (Å²) in [6.07, 6.45) is -3.28. The lowest BCUT2D eigenvalue weighted by Gasteiger charge is -2.11. The van der Waals surface area contributed by atoms with E-state index in [4.69, 9.17) is 0 Å². The van der Waals surface area contributed by atoms with Crippen LogP contribution in [-0.4, -0.2) is 33.3 Å². The van der Waals surface area contributed by atoms with Gasteiger partial charge in [0.25, 0.3) is 0 Å². The fourth-order valence-electron chi connectivity index (χ4n) is 1.31. The van der Waals surface area contributed by atoms with Crippen molar-refractivity contribution in [2.45, 2.75) is 26.1 Å². The van der Waals surface area contributed by atoms with E-state index in [0.717, 1.165) is 4.68 Å². The van der Waals surface area contributed by atoms with E-state index >= 15 is 0 Å². The summed E-state index contributed by atoms with van der Waals surface area (Å²) < 4.78 is 36.7. The topological polar surface area (TPSA) is 90.1 Å². The molecule has 1 atom stereocenters. The van der Waals surface area contributed by atoms with E-state index in [1.165, 1.54) is 20.0 Å². The molecule has 106 valence electrons. The number of carbonyl (C=O) groups is 1. The molecule has 0 aliphatic heterocycles. The van der Waals surface area contributed by atoms with E-state index in [-0.39, 0.29) is 5.56 Å². The molecular weight excluding hydrogens is 269 g/mol. The maximum Gasteiger partial charge on any atom is 0.405 e. The molecule has 1 heterocycles. The van der Waals surface area contributed by atoms with Crippen LogP contribution in [0, 0.1) is 17.0 Å². The number of aryl methyl sites for hydroxylation is 1. The van der Waals surface area contributed by atoms with Crippen LogP contribution in [0.5, 0.6) is 0 Å². The van der Waals surface area contributed by atoms with Gasteiger partial charge in [-0.25, -0.2) is 0 Å². The second-order valence-corrected chi connectivity index (χ2v) is 3.88. The highest BCUT2D eigenvalue weighted by Gasteiger charge is 2.30. The molecule has 19 heavy (non-hydrogen) atoms. The molecule has 0 radical (unpaired) electrons. The average Bonchev–Trinajstić information content (AvgIpc) is 2.66. The lowest BCUT2D eigenvalue weighted by Crippen LogP contribution is -2.37. The fraction of sp³-hybridized carbons (Fsp3) is 0.556. The third-order valence-corrected chi connectivity index (χ3v) is 2.30. The van der Waals surface area contributed by atoms with Crippen LogP contribution in [0.3, 0.4) is 0 Å². The monoisotopic (exact) mass is 280 g/mol. The van der Waals surface area contributed by atoms with Crippen molar-refractivity contribution in [1.29, 1.82) is 0 Å². The molecule has 1 N–H and O–H groups in total. The van der Waals surface area contributed by atoms with Crippen LogP contribution in [0.2, 0.25) is 0 Å². The Balaban J connectivity index is 2.77. The molecule has 0 fully saturated rings. The van der Waals surface area contributed by atoms with E-state index in [0.29, 0.717) is 0 Å². The minimum Gasteiger partial charge on any atom is -0.358 e. The van der Waals surface area contributed by atoms with Crippen molar-refractivity contribution in [2.24, 2.45) is 0 Å². The van der Waals surface area contributed by atoms with E-state index in [2.05, 4.69) is 5.10 Å². The van der Waals surface area contributed by atoms with Crippen molar-refractivity contribution in [3.63, 3.8) is 0 Å². The molecule has 0 aliphatic carbocycles. The number of alkyl halides is 3. The van der Waals surface area contributed by atoms with Crippen molar-refractivity contribution in [2.75, 3.05) is 6.54 Å². The van der Waals surface area contributed by atoms with Gasteiger partial charge in [0.05, 0.1) is 16.9 Å². The molecular formula is C9H11F3N4O3. The lowest BCUT2D eigenvalue weighted by atomic mass is 10.3. The molecule has 10 heteroatoms. The zero-order chi connectivity index (χ0) is 14.8. The second-order valence-electron chi connectivity index (χ2n) is 3.88. The van der Waals surface area contributed by atoms with E-state index < -0.39 is 35.4 Å². The number of halogens is 3. The van der Waals surface area contributed by atoms with Gasteiger partial charge in [-0.1, -0.05) is 0 Å². The van der Waals surface area contributed by atoms with E-state index in [1.807, 2.05) is 0 Å². The Morgan fingerprint density at radius 1 is 1.63 bits per heavy atom. The molecule has 0 saturated heterocycles. The number of rotatable bonds is 4. The number of aromatic nitrogens is 2. The first-order chi connectivity index (χ1) is 8.61. The first kappa shape index (κ1) is 14.9. The Kier molecular flexibility index (Phi) is 4.12. The van der Waals surface area contributed by atoms with Gasteiger partial charge in [-0.05, 0) is 18.8 Å². The Bertz CT molecular complexity index is 497. The summed E-state index contributed by atoms with van der Waals surface area (Å²) in [7, 11) is 0. The first-order valence-corrected chi connectivity index (χ1v) is 5.16. The van der Waals surface area contributed by atoms with Crippen molar-refractivity contribution < 1.29 is 22.9 Å². The Labute approximate surface area is 105 Å². The first-order valence-electron chi connectivity index (χ1n) is 5.16. The molecule has 0 unspecified atom stereocenters. The van der Waals surface area contributed by atoms with Crippen molar-refractivity contribution in [3.8, 4) is 0 Å². The van der Waals surface area contributed by atoms with Crippen LogP contribution in [0.25, 0.3) is 0 Å². The molecule has 1 amide bonds. The van der Waals surface area contributed by atoms with Gasteiger partial charge in [0.1, 0.15) is 12.6 Å². The maximum atomic E-state index is 11.9. The number of hydrogen-bond acceptors (Lipinski definition) is 4. The van der Waals surface area contributed by atoms with Gasteiger partial charge in [0.2, 0.25) is 5.91 Å². The predicted octanol–water partition coefficient (Wildman–Crippen LogP) is 1.34.